The van der Waals surface area contributed by atoms with Crippen LogP contribution in [0.2, 0.25) is 0 Å². The fraction of sp³-hybridized carbons (Fsp3) is 0.923. The summed E-state index contributed by atoms with van der Waals surface area (Å²) in [5.41, 5.74) is 5.34. The Balaban J connectivity index is 2.07. The Morgan fingerprint density at radius 3 is 2.89 bits per heavy atom. The van der Waals surface area contributed by atoms with Gasteiger partial charge in [0, 0.05) is 18.6 Å². The minimum absolute atomic E-state index is 0.274. The molecule has 1 saturated heterocycles. The molecule has 0 amide bonds. The molecule has 0 radical (unpaired) electrons. The molecule has 0 aromatic carbocycles. The van der Waals surface area contributed by atoms with Gasteiger partial charge in [-0.05, 0) is 32.1 Å². The first kappa shape index (κ1) is 15.2. The molecular formula is C13H26N2O3. The van der Waals surface area contributed by atoms with Gasteiger partial charge >= 0.3 is 0 Å². The van der Waals surface area contributed by atoms with Gasteiger partial charge in [0.05, 0.1) is 12.7 Å². The first-order valence-electron chi connectivity index (χ1n) is 6.73. The Bertz CT molecular complexity index is 261. The molecule has 0 aromatic rings. The summed E-state index contributed by atoms with van der Waals surface area (Å²) in [7, 11) is 0. The molecule has 1 heterocycles. The molecule has 3 N–H and O–H groups in total. The van der Waals surface area contributed by atoms with Crippen LogP contribution in [0.4, 0.5) is 0 Å². The van der Waals surface area contributed by atoms with Crippen LogP contribution in [0.5, 0.6) is 0 Å². The van der Waals surface area contributed by atoms with E-state index in [4.69, 9.17) is 20.4 Å². The summed E-state index contributed by atoms with van der Waals surface area (Å²) in [6.45, 7) is 6.18. The molecule has 1 aliphatic heterocycles. The summed E-state index contributed by atoms with van der Waals surface area (Å²) >= 11 is 0. The van der Waals surface area contributed by atoms with Crippen LogP contribution in [0.3, 0.4) is 0 Å². The lowest BCUT2D eigenvalue weighted by Gasteiger charge is -2.24. The van der Waals surface area contributed by atoms with Crippen molar-refractivity contribution in [1.29, 1.82) is 0 Å². The van der Waals surface area contributed by atoms with Gasteiger partial charge in [-0.25, -0.2) is 0 Å². The number of nitrogens with zero attached hydrogens (tertiary/aromatic N) is 1. The summed E-state index contributed by atoms with van der Waals surface area (Å²) in [4.78, 5) is 0. The number of amidine groups is 1. The van der Waals surface area contributed by atoms with Crippen LogP contribution in [0.15, 0.2) is 5.16 Å². The van der Waals surface area contributed by atoms with E-state index in [1.165, 1.54) is 12.8 Å². The highest BCUT2D eigenvalue weighted by Crippen LogP contribution is 2.22. The smallest absolute Gasteiger partial charge is 0.144 e. The van der Waals surface area contributed by atoms with Crippen molar-refractivity contribution in [2.45, 2.75) is 52.1 Å². The summed E-state index contributed by atoms with van der Waals surface area (Å²) in [5, 5.41) is 11.7. The van der Waals surface area contributed by atoms with Gasteiger partial charge in [0.15, 0.2) is 0 Å². The maximum atomic E-state index is 8.66. The number of rotatable bonds is 7. The number of hydrogen-bond acceptors (Lipinski definition) is 4. The second kappa shape index (κ2) is 7.59. The quantitative estimate of drug-likeness (QED) is 0.241. The lowest BCUT2D eigenvalue weighted by molar-refractivity contribution is -0.0415. The molecule has 18 heavy (non-hydrogen) atoms. The molecule has 106 valence electrons. The van der Waals surface area contributed by atoms with Crippen molar-refractivity contribution in [2.24, 2.45) is 16.3 Å². The molecular weight excluding hydrogens is 232 g/mol. The number of oxime groups is 1. The predicted octanol–water partition coefficient (Wildman–Crippen LogP) is 2.12. The SMILES string of the molecule is CC(C)(CCCOCC1CCCCO1)C(N)=NO. The average Bonchev–Trinajstić information content (AvgIpc) is 2.38. The minimum atomic E-state index is -0.278. The van der Waals surface area contributed by atoms with Crippen molar-refractivity contribution in [3.8, 4) is 0 Å². The lowest BCUT2D eigenvalue weighted by Crippen LogP contribution is -2.32. The Hall–Kier alpha value is -0.810. The predicted molar refractivity (Wildman–Crippen MR) is 70.8 cm³/mol. The fourth-order valence-electron chi connectivity index (χ4n) is 2.03. The molecule has 0 aliphatic carbocycles. The van der Waals surface area contributed by atoms with Crippen LogP contribution in [-0.4, -0.2) is 37.0 Å². The molecule has 1 atom stereocenters. The Morgan fingerprint density at radius 1 is 1.50 bits per heavy atom. The molecule has 0 spiro atoms. The third-order valence-electron chi connectivity index (χ3n) is 3.47. The van der Waals surface area contributed by atoms with E-state index in [2.05, 4.69) is 5.16 Å². The molecule has 1 rings (SSSR count). The van der Waals surface area contributed by atoms with Gasteiger partial charge in [-0.1, -0.05) is 19.0 Å². The molecule has 0 saturated carbocycles. The van der Waals surface area contributed by atoms with Gasteiger partial charge in [0.2, 0.25) is 0 Å². The topological polar surface area (TPSA) is 77.1 Å². The van der Waals surface area contributed by atoms with Crippen LogP contribution < -0.4 is 5.73 Å². The van der Waals surface area contributed by atoms with E-state index in [1.807, 2.05) is 13.8 Å². The van der Waals surface area contributed by atoms with Crippen LogP contribution in [0.25, 0.3) is 0 Å². The van der Waals surface area contributed by atoms with E-state index >= 15 is 0 Å². The van der Waals surface area contributed by atoms with Crippen LogP contribution in [-0.2, 0) is 9.47 Å². The molecule has 1 aliphatic rings. The van der Waals surface area contributed by atoms with Crippen LogP contribution in [0.1, 0.15) is 46.0 Å². The summed E-state index contributed by atoms with van der Waals surface area (Å²) in [6, 6.07) is 0. The van der Waals surface area contributed by atoms with Gasteiger partial charge in [-0.3, -0.25) is 0 Å². The van der Waals surface area contributed by atoms with Crippen molar-refractivity contribution in [3.05, 3.63) is 0 Å². The van der Waals surface area contributed by atoms with Crippen molar-refractivity contribution < 1.29 is 14.7 Å². The van der Waals surface area contributed by atoms with Crippen molar-refractivity contribution in [1.82, 2.24) is 0 Å². The Kier molecular flexibility index (Phi) is 6.43. The highest BCUT2D eigenvalue weighted by Gasteiger charge is 2.23. The highest BCUT2D eigenvalue weighted by molar-refractivity contribution is 5.85. The van der Waals surface area contributed by atoms with E-state index in [9.17, 15) is 0 Å². The van der Waals surface area contributed by atoms with Gasteiger partial charge in [-0.2, -0.15) is 0 Å². The molecule has 1 fully saturated rings. The van der Waals surface area contributed by atoms with E-state index in [0.29, 0.717) is 13.2 Å². The maximum absolute atomic E-state index is 8.66. The second-order valence-electron chi connectivity index (χ2n) is 5.54. The molecule has 1 unspecified atom stereocenters. The molecule has 5 nitrogen and oxygen atoms in total. The van der Waals surface area contributed by atoms with Gasteiger partial charge < -0.3 is 20.4 Å². The average molecular weight is 258 g/mol. The first-order chi connectivity index (χ1) is 8.56. The Labute approximate surface area is 109 Å². The standard InChI is InChI=1S/C13H26N2O3/c1-13(2,12(14)15-16)7-5-8-17-10-11-6-3-4-9-18-11/h11,16H,3-10H2,1-2H3,(H2,14,15). The van der Waals surface area contributed by atoms with Crippen molar-refractivity contribution in [2.75, 3.05) is 19.8 Å². The molecule has 5 heteroatoms. The number of hydrogen-bond donors (Lipinski definition) is 2. The maximum Gasteiger partial charge on any atom is 0.144 e. The lowest BCUT2D eigenvalue weighted by atomic mass is 9.87. The van der Waals surface area contributed by atoms with E-state index in [-0.39, 0.29) is 17.4 Å². The third-order valence-corrected chi connectivity index (χ3v) is 3.47. The summed E-state index contributed by atoms with van der Waals surface area (Å²) in [6.07, 6.45) is 5.53. The zero-order valence-corrected chi connectivity index (χ0v) is 11.5. The molecule has 0 bridgehead atoms. The number of nitrogens with two attached hydrogens (primary N) is 1. The van der Waals surface area contributed by atoms with Crippen LogP contribution in [0, 0.1) is 5.41 Å². The zero-order chi connectivity index (χ0) is 13.4. The van der Waals surface area contributed by atoms with Gasteiger partial charge in [0.1, 0.15) is 5.84 Å². The summed E-state index contributed by atoms with van der Waals surface area (Å²) in [5.74, 6) is 0.276. The summed E-state index contributed by atoms with van der Waals surface area (Å²) < 4.78 is 11.2. The highest BCUT2D eigenvalue weighted by atomic mass is 16.5. The monoisotopic (exact) mass is 258 g/mol. The number of ether oxygens (including phenoxy) is 2. The van der Waals surface area contributed by atoms with Gasteiger partial charge in [0.25, 0.3) is 0 Å². The van der Waals surface area contributed by atoms with Crippen LogP contribution >= 0.6 is 0 Å². The fourth-order valence-corrected chi connectivity index (χ4v) is 2.03. The zero-order valence-electron chi connectivity index (χ0n) is 11.5. The van der Waals surface area contributed by atoms with E-state index < -0.39 is 0 Å². The Morgan fingerprint density at radius 2 is 2.28 bits per heavy atom. The first-order valence-corrected chi connectivity index (χ1v) is 6.73. The van der Waals surface area contributed by atoms with Gasteiger partial charge in [-0.15, -0.1) is 0 Å². The van der Waals surface area contributed by atoms with Crippen molar-refractivity contribution >= 4 is 5.84 Å². The second-order valence-corrected chi connectivity index (χ2v) is 5.54. The molecule has 0 aromatic heterocycles. The third kappa shape index (κ3) is 5.23. The van der Waals surface area contributed by atoms with Crippen molar-refractivity contribution in [3.63, 3.8) is 0 Å². The van der Waals surface area contributed by atoms with E-state index in [0.717, 1.165) is 25.9 Å². The minimum Gasteiger partial charge on any atom is -0.409 e. The van der Waals surface area contributed by atoms with E-state index in [1.54, 1.807) is 0 Å². The normalized spacial score (nSPS) is 22.1. The largest absolute Gasteiger partial charge is 0.409 e.